The van der Waals surface area contributed by atoms with Crippen molar-refractivity contribution < 1.29 is 14.3 Å². The Morgan fingerprint density at radius 2 is 1.97 bits per heavy atom. The number of fused-ring (bicyclic) bond motifs is 1. The number of ether oxygens (including phenoxy) is 1. The maximum absolute atomic E-state index is 13.0. The predicted molar refractivity (Wildman–Crippen MR) is 136 cm³/mol. The van der Waals surface area contributed by atoms with Gasteiger partial charge in [-0.3, -0.25) is 19.4 Å². The van der Waals surface area contributed by atoms with Crippen molar-refractivity contribution in [3.63, 3.8) is 0 Å². The molecule has 0 unspecified atom stereocenters. The zero-order valence-electron chi connectivity index (χ0n) is 19.9. The first-order valence-electron chi connectivity index (χ1n) is 11.6. The third kappa shape index (κ3) is 4.85. The largest absolute Gasteiger partial charge is 0.489 e. The van der Waals surface area contributed by atoms with Gasteiger partial charge < -0.3 is 15.0 Å². The Hall–Kier alpha value is -4.05. The molecule has 4 aromatic rings. The Bertz CT molecular complexity index is 1480. The zero-order valence-corrected chi connectivity index (χ0v) is 20.7. The molecule has 2 aromatic carbocycles. The summed E-state index contributed by atoms with van der Waals surface area (Å²) in [6, 6.07) is 16.1. The summed E-state index contributed by atoms with van der Waals surface area (Å²) in [4.78, 5) is 42.6. The lowest BCUT2D eigenvalue weighted by atomic mass is 10.1. The van der Waals surface area contributed by atoms with Gasteiger partial charge >= 0.3 is 4.87 Å². The van der Waals surface area contributed by atoms with Gasteiger partial charge in [-0.2, -0.15) is 5.10 Å². The van der Waals surface area contributed by atoms with Gasteiger partial charge in [0.1, 0.15) is 23.4 Å². The highest BCUT2D eigenvalue weighted by Crippen LogP contribution is 2.32. The molecule has 10 heteroatoms. The molecule has 2 amide bonds. The molecule has 5 rings (SSSR count). The second kappa shape index (κ2) is 9.90. The Morgan fingerprint density at radius 1 is 1.19 bits per heavy atom. The fraction of sp³-hybridized carbons (Fsp3) is 0.269. The molecule has 0 aliphatic carbocycles. The van der Waals surface area contributed by atoms with Gasteiger partial charge in [0.05, 0.1) is 11.6 Å². The van der Waals surface area contributed by atoms with Gasteiger partial charge in [-0.05, 0) is 49.7 Å². The number of aromatic amines is 1. The lowest BCUT2D eigenvalue weighted by Gasteiger charge is -2.25. The van der Waals surface area contributed by atoms with E-state index in [2.05, 4.69) is 20.5 Å². The van der Waals surface area contributed by atoms with Crippen LogP contribution in [0.25, 0.3) is 10.9 Å². The number of H-pyrrole nitrogens is 1. The van der Waals surface area contributed by atoms with Crippen molar-refractivity contribution in [2.45, 2.75) is 39.0 Å². The molecule has 0 radical (unpaired) electrons. The van der Waals surface area contributed by atoms with Crippen LogP contribution in [0, 0.1) is 6.92 Å². The summed E-state index contributed by atoms with van der Waals surface area (Å²) in [5.41, 5.74) is 3.37. The number of benzene rings is 2. The van der Waals surface area contributed by atoms with E-state index in [1.807, 2.05) is 37.3 Å². The summed E-state index contributed by atoms with van der Waals surface area (Å²) in [5, 5.41) is 11.0. The fourth-order valence-corrected chi connectivity index (χ4v) is 5.38. The van der Waals surface area contributed by atoms with Crippen molar-refractivity contribution >= 4 is 34.1 Å². The van der Waals surface area contributed by atoms with E-state index in [1.54, 1.807) is 29.2 Å². The summed E-state index contributed by atoms with van der Waals surface area (Å²) < 4.78 is 6.00. The minimum absolute atomic E-state index is 0.127. The van der Waals surface area contributed by atoms with Crippen LogP contribution in [0.2, 0.25) is 0 Å². The third-order valence-electron chi connectivity index (χ3n) is 6.27. The lowest BCUT2D eigenvalue weighted by molar-refractivity contribution is -0.129. The van der Waals surface area contributed by atoms with Crippen molar-refractivity contribution in [3.8, 4) is 5.75 Å². The molecule has 3 heterocycles. The molecule has 1 aliphatic rings. The van der Waals surface area contributed by atoms with Crippen LogP contribution in [0.5, 0.6) is 5.75 Å². The second-order valence-electron chi connectivity index (χ2n) is 8.73. The first-order chi connectivity index (χ1) is 17.4. The summed E-state index contributed by atoms with van der Waals surface area (Å²) in [6.07, 6.45) is 0.574. The normalized spacial score (nSPS) is 17.3. The number of nitrogens with zero attached hydrogens (tertiary/aromatic N) is 3. The number of aromatic nitrogens is 3. The van der Waals surface area contributed by atoms with Gasteiger partial charge in [0.2, 0.25) is 5.91 Å². The van der Waals surface area contributed by atoms with Crippen LogP contribution in [0.4, 0.5) is 0 Å². The zero-order chi connectivity index (χ0) is 25.2. The maximum Gasteiger partial charge on any atom is 0.322 e. The van der Waals surface area contributed by atoms with Crippen LogP contribution in [-0.2, 0) is 11.4 Å². The van der Waals surface area contributed by atoms with Gasteiger partial charge in [-0.15, -0.1) is 0 Å². The van der Waals surface area contributed by atoms with Gasteiger partial charge in [0, 0.05) is 35.7 Å². The number of hydrogen-bond acceptors (Lipinski definition) is 7. The standard InChI is InChI=1S/C26H25N5O4S/c1-15-13-18(20-5-3-4-6-21(20)27-15)14-35-19-9-7-17(8-10-19)24(33)28-22-11-12-31(16(2)32)23(22)25-29-30-26(34)36-25/h3-10,13,22-23H,11-12,14H2,1-2H3,(H,28,33)(H,30,34)/t22-,23-/m0/s1. The van der Waals surface area contributed by atoms with E-state index in [9.17, 15) is 14.4 Å². The highest BCUT2D eigenvalue weighted by molar-refractivity contribution is 7.08. The number of pyridine rings is 1. The monoisotopic (exact) mass is 503 g/mol. The van der Waals surface area contributed by atoms with Crippen LogP contribution < -0.4 is 14.9 Å². The molecule has 0 spiro atoms. The van der Waals surface area contributed by atoms with Gasteiger partial charge in [-0.25, -0.2) is 5.10 Å². The number of carbonyl (C=O) groups excluding carboxylic acids is 2. The van der Waals surface area contributed by atoms with Crippen LogP contribution in [0.3, 0.4) is 0 Å². The lowest BCUT2D eigenvalue weighted by Crippen LogP contribution is -2.40. The minimum atomic E-state index is -0.475. The van der Waals surface area contributed by atoms with Crippen LogP contribution in [-0.4, -0.2) is 44.5 Å². The highest BCUT2D eigenvalue weighted by Gasteiger charge is 2.40. The SMILES string of the molecule is CC(=O)N1CC[C@H](NC(=O)c2ccc(OCc3cc(C)nc4ccccc34)cc2)[C@H]1c1n[nH]c(=O)s1. The number of rotatable bonds is 6. The summed E-state index contributed by atoms with van der Waals surface area (Å²) in [6.45, 7) is 4.29. The van der Waals surface area contributed by atoms with E-state index < -0.39 is 6.04 Å². The molecule has 1 aliphatic heterocycles. The highest BCUT2D eigenvalue weighted by atomic mass is 32.1. The van der Waals surface area contributed by atoms with Crippen molar-refractivity contribution in [2.24, 2.45) is 0 Å². The molecule has 9 nitrogen and oxygen atoms in total. The number of carbonyl (C=O) groups is 2. The van der Waals surface area contributed by atoms with E-state index in [4.69, 9.17) is 4.74 Å². The van der Waals surface area contributed by atoms with E-state index in [-0.39, 0.29) is 22.7 Å². The van der Waals surface area contributed by atoms with Crippen molar-refractivity contribution in [2.75, 3.05) is 6.54 Å². The summed E-state index contributed by atoms with van der Waals surface area (Å²) in [5.74, 6) is 0.256. The number of hydrogen-bond donors (Lipinski definition) is 2. The van der Waals surface area contributed by atoms with Crippen molar-refractivity contribution in [1.82, 2.24) is 25.4 Å². The van der Waals surface area contributed by atoms with Crippen molar-refractivity contribution in [3.05, 3.63) is 86.1 Å². The number of para-hydroxylation sites is 1. The smallest absolute Gasteiger partial charge is 0.322 e. The molecule has 2 aromatic heterocycles. The molecule has 36 heavy (non-hydrogen) atoms. The van der Waals surface area contributed by atoms with Gasteiger partial charge in [-0.1, -0.05) is 29.5 Å². The topological polar surface area (TPSA) is 117 Å². The molecule has 2 atom stereocenters. The maximum atomic E-state index is 13.0. The van der Waals surface area contributed by atoms with Gasteiger partial charge in [0.15, 0.2) is 0 Å². The molecular weight excluding hydrogens is 478 g/mol. The van der Waals surface area contributed by atoms with Crippen LogP contribution >= 0.6 is 11.3 Å². The number of nitrogens with one attached hydrogen (secondary N) is 2. The van der Waals surface area contributed by atoms with Crippen LogP contribution in [0.1, 0.15) is 46.0 Å². The second-order valence-corrected chi connectivity index (χ2v) is 9.72. The molecule has 0 bridgehead atoms. The van der Waals surface area contributed by atoms with E-state index >= 15 is 0 Å². The van der Waals surface area contributed by atoms with Crippen LogP contribution in [0.15, 0.2) is 59.4 Å². The van der Waals surface area contributed by atoms with Gasteiger partial charge in [0.25, 0.3) is 5.91 Å². The molecular formula is C26H25N5O4S. The predicted octanol–water partition coefficient (Wildman–Crippen LogP) is 3.36. The van der Waals surface area contributed by atoms with Crippen molar-refractivity contribution in [1.29, 1.82) is 0 Å². The number of aryl methyl sites for hydroxylation is 1. The Morgan fingerprint density at radius 3 is 2.69 bits per heavy atom. The Labute approximate surface area is 211 Å². The molecule has 1 fully saturated rings. The molecule has 0 saturated carbocycles. The molecule has 2 N–H and O–H groups in total. The fourth-order valence-electron chi connectivity index (χ4n) is 4.60. The molecule has 184 valence electrons. The van der Waals surface area contributed by atoms with E-state index in [0.717, 1.165) is 33.5 Å². The Balaban J connectivity index is 1.26. The summed E-state index contributed by atoms with van der Waals surface area (Å²) in [7, 11) is 0. The first-order valence-corrected chi connectivity index (χ1v) is 12.4. The average Bonchev–Trinajstić information content (AvgIpc) is 3.48. The number of amides is 2. The minimum Gasteiger partial charge on any atom is -0.489 e. The molecule has 1 saturated heterocycles. The first kappa shape index (κ1) is 23.7. The quantitative estimate of drug-likeness (QED) is 0.417. The third-order valence-corrected chi connectivity index (χ3v) is 7.09. The Kier molecular flexibility index (Phi) is 6.51. The van der Waals surface area contributed by atoms with E-state index in [1.165, 1.54) is 6.92 Å². The average molecular weight is 504 g/mol. The summed E-state index contributed by atoms with van der Waals surface area (Å²) >= 11 is 0.952. The number of likely N-dealkylation sites (tertiary alicyclic amines) is 1. The van der Waals surface area contributed by atoms with E-state index in [0.29, 0.717) is 35.9 Å².